The second-order valence-electron chi connectivity index (χ2n) is 3.52. The van der Waals surface area contributed by atoms with Gasteiger partial charge < -0.3 is 10.2 Å². The van der Waals surface area contributed by atoms with Gasteiger partial charge in [-0.05, 0) is 5.92 Å². The molecule has 0 aromatic carbocycles. The van der Waals surface area contributed by atoms with Gasteiger partial charge in [-0.25, -0.2) is 0 Å². The Kier molecular flexibility index (Phi) is 4.06. The number of hydrogen-bond acceptors (Lipinski definition) is 3. The summed E-state index contributed by atoms with van der Waals surface area (Å²) in [5.41, 5.74) is 0. The first-order valence-electron chi connectivity index (χ1n) is 4.63. The van der Waals surface area contributed by atoms with Gasteiger partial charge in [-0.1, -0.05) is 6.92 Å². The van der Waals surface area contributed by atoms with Crippen molar-refractivity contribution in [1.29, 1.82) is 5.26 Å². The number of nitriles is 1. The molecule has 0 aliphatic carbocycles. The van der Waals surface area contributed by atoms with Crippen molar-refractivity contribution in [3.05, 3.63) is 0 Å². The third kappa shape index (κ3) is 3.21. The molecule has 1 aliphatic rings. The zero-order valence-electron chi connectivity index (χ0n) is 7.71. The summed E-state index contributed by atoms with van der Waals surface area (Å²) in [6.45, 7) is 7.69. The van der Waals surface area contributed by atoms with Crippen molar-refractivity contribution in [1.82, 2.24) is 10.2 Å². The van der Waals surface area contributed by atoms with Gasteiger partial charge in [0.25, 0.3) is 0 Å². The van der Waals surface area contributed by atoms with Gasteiger partial charge in [0.1, 0.15) is 0 Å². The van der Waals surface area contributed by atoms with Gasteiger partial charge in [-0.2, -0.15) is 5.26 Å². The van der Waals surface area contributed by atoms with Crippen LogP contribution in [0, 0.1) is 17.2 Å². The Morgan fingerprint density at radius 3 is 2.75 bits per heavy atom. The molecular formula is C9H17N3. The van der Waals surface area contributed by atoms with Crippen LogP contribution in [-0.4, -0.2) is 37.6 Å². The van der Waals surface area contributed by atoms with Crippen molar-refractivity contribution in [3.63, 3.8) is 0 Å². The third-order valence-corrected chi connectivity index (χ3v) is 2.22. The zero-order valence-corrected chi connectivity index (χ0v) is 7.71. The molecule has 0 radical (unpaired) electrons. The summed E-state index contributed by atoms with van der Waals surface area (Å²) in [6.07, 6.45) is 0.684. The largest absolute Gasteiger partial charge is 0.314 e. The fourth-order valence-corrected chi connectivity index (χ4v) is 1.55. The van der Waals surface area contributed by atoms with E-state index < -0.39 is 0 Å². The Balaban J connectivity index is 2.16. The normalized spacial score (nSPS) is 21.7. The fraction of sp³-hybridized carbons (Fsp3) is 0.889. The highest BCUT2D eigenvalue weighted by molar-refractivity contribution is 4.77. The van der Waals surface area contributed by atoms with E-state index in [9.17, 15) is 0 Å². The molecule has 1 heterocycles. The van der Waals surface area contributed by atoms with Crippen LogP contribution in [0.25, 0.3) is 0 Å². The first kappa shape index (κ1) is 9.50. The van der Waals surface area contributed by atoms with Crippen molar-refractivity contribution in [2.45, 2.75) is 13.3 Å². The lowest BCUT2D eigenvalue weighted by Crippen LogP contribution is -2.44. The predicted octanol–water partition coefficient (Wildman–Crippen LogP) is 0.441. The van der Waals surface area contributed by atoms with E-state index in [2.05, 4.69) is 23.2 Å². The maximum atomic E-state index is 8.49. The molecule has 3 heteroatoms. The molecule has 0 bridgehead atoms. The lowest BCUT2D eigenvalue weighted by atomic mass is 10.1. The summed E-state index contributed by atoms with van der Waals surface area (Å²) in [5, 5.41) is 11.8. The number of piperazine rings is 1. The van der Waals surface area contributed by atoms with Gasteiger partial charge in [0.15, 0.2) is 0 Å². The van der Waals surface area contributed by atoms with E-state index in [1.165, 1.54) is 0 Å². The van der Waals surface area contributed by atoms with Gasteiger partial charge in [-0.3, -0.25) is 0 Å². The first-order chi connectivity index (χ1) is 5.83. The average molecular weight is 167 g/mol. The van der Waals surface area contributed by atoms with E-state index in [1.807, 2.05) is 0 Å². The molecular weight excluding hydrogens is 150 g/mol. The number of hydrogen-bond donors (Lipinski definition) is 1. The van der Waals surface area contributed by atoms with Crippen LogP contribution in [0.5, 0.6) is 0 Å². The van der Waals surface area contributed by atoms with E-state index >= 15 is 0 Å². The predicted molar refractivity (Wildman–Crippen MR) is 48.7 cm³/mol. The average Bonchev–Trinajstić information content (AvgIpc) is 2.06. The summed E-state index contributed by atoms with van der Waals surface area (Å²) in [6, 6.07) is 2.21. The lowest BCUT2D eigenvalue weighted by Gasteiger charge is -2.28. The Hall–Kier alpha value is -0.590. The second-order valence-corrected chi connectivity index (χ2v) is 3.52. The molecule has 1 atom stereocenters. The molecule has 1 unspecified atom stereocenters. The topological polar surface area (TPSA) is 39.1 Å². The summed E-state index contributed by atoms with van der Waals surface area (Å²) >= 11 is 0. The van der Waals surface area contributed by atoms with Crippen LogP contribution in [0.3, 0.4) is 0 Å². The SMILES string of the molecule is CC(CC#N)CN1CCNCC1. The smallest absolute Gasteiger partial charge is 0.0625 e. The zero-order chi connectivity index (χ0) is 8.81. The maximum Gasteiger partial charge on any atom is 0.0625 e. The van der Waals surface area contributed by atoms with E-state index in [1.54, 1.807) is 0 Å². The van der Waals surface area contributed by atoms with E-state index in [0.29, 0.717) is 12.3 Å². The number of nitrogens with zero attached hydrogens (tertiary/aromatic N) is 2. The monoisotopic (exact) mass is 167 g/mol. The van der Waals surface area contributed by atoms with Crippen LogP contribution in [0.1, 0.15) is 13.3 Å². The standard InChI is InChI=1S/C9H17N3/c1-9(2-3-10)8-12-6-4-11-5-7-12/h9,11H,2,4-8H2,1H3. The van der Waals surface area contributed by atoms with Crippen LogP contribution in [0.15, 0.2) is 0 Å². The number of nitrogens with one attached hydrogen (secondary N) is 1. The molecule has 1 N–H and O–H groups in total. The molecule has 1 saturated heterocycles. The Bertz CT molecular complexity index is 156. The minimum atomic E-state index is 0.521. The molecule has 0 spiro atoms. The molecule has 1 aliphatic heterocycles. The Labute approximate surface area is 74.4 Å². The van der Waals surface area contributed by atoms with Gasteiger partial charge in [0, 0.05) is 39.1 Å². The van der Waals surface area contributed by atoms with Crippen LogP contribution in [0.2, 0.25) is 0 Å². The molecule has 3 nitrogen and oxygen atoms in total. The third-order valence-electron chi connectivity index (χ3n) is 2.22. The minimum Gasteiger partial charge on any atom is -0.314 e. The molecule has 12 heavy (non-hydrogen) atoms. The fourth-order valence-electron chi connectivity index (χ4n) is 1.55. The van der Waals surface area contributed by atoms with Crippen LogP contribution in [0.4, 0.5) is 0 Å². The molecule has 0 saturated carbocycles. The summed E-state index contributed by atoms with van der Waals surface area (Å²) < 4.78 is 0. The quantitative estimate of drug-likeness (QED) is 0.663. The molecule has 0 aromatic rings. The second kappa shape index (κ2) is 5.13. The van der Waals surface area contributed by atoms with Gasteiger partial charge >= 0.3 is 0 Å². The Morgan fingerprint density at radius 1 is 1.50 bits per heavy atom. The van der Waals surface area contributed by atoms with E-state index in [0.717, 1.165) is 32.7 Å². The first-order valence-corrected chi connectivity index (χ1v) is 4.63. The summed E-state index contributed by atoms with van der Waals surface area (Å²) in [7, 11) is 0. The van der Waals surface area contributed by atoms with Crippen LogP contribution < -0.4 is 5.32 Å². The van der Waals surface area contributed by atoms with Gasteiger partial charge in [0.2, 0.25) is 0 Å². The summed E-state index contributed by atoms with van der Waals surface area (Å²) in [5.74, 6) is 0.521. The van der Waals surface area contributed by atoms with Gasteiger partial charge in [0.05, 0.1) is 6.07 Å². The van der Waals surface area contributed by atoms with E-state index in [4.69, 9.17) is 5.26 Å². The Morgan fingerprint density at radius 2 is 2.17 bits per heavy atom. The molecule has 0 amide bonds. The maximum absolute atomic E-state index is 8.49. The van der Waals surface area contributed by atoms with Crippen molar-refractivity contribution in [2.75, 3.05) is 32.7 Å². The lowest BCUT2D eigenvalue weighted by molar-refractivity contribution is 0.212. The highest BCUT2D eigenvalue weighted by Gasteiger charge is 2.12. The molecule has 1 rings (SSSR count). The van der Waals surface area contributed by atoms with Gasteiger partial charge in [-0.15, -0.1) is 0 Å². The highest BCUT2D eigenvalue weighted by Crippen LogP contribution is 2.04. The number of rotatable bonds is 3. The van der Waals surface area contributed by atoms with Crippen molar-refractivity contribution >= 4 is 0 Å². The van der Waals surface area contributed by atoms with Crippen LogP contribution >= 0.6 is 0 Å². The van der Waals surface area contributed by atoms with E-state index in [-0.39, 0.29) is 0 Å². The molecule has 1 fully saturated rings. The summed E-state index contributed by atoms with van der Waals surface area (Å²) in [4.78, 5) is 2.43. The van der Waals surface area contributed by atoms with Crippen LogP contribution in [-0.2, 0) is 0 Å². The molecule has 0 aromatic heterocycles. The highest BCUT2D eigenvalue weighted by atomic mass is 15.2. The van der Waals surface area contributed by atoms with Crippen molar-refractivity contribution < 1.29 is 0 Å². The van der Waals surface area contributed by atoms with Crippen molar-refractivity contribution in [2.24, 2.45) is 5.92 Å². The van der Waals surface area contributed by atoms with Crippen molar-refractivity contribution in [3.8, 4) is 6.07 Å². The molecule has 68 valence electrons. The minimum absolute atomic E-state index is 0.521.